The summed E-state index contributed by atoms with van der Waals surface area (Å²) in [6, 6.07) is 13.8. The number of ether oxygens (including phenoxy) is 3. The second kappa shape index (κ2) is 11.5. The first-order valence-corrected chi connectivity index (χ1v) is 12.7. The van der Waals surface area contributed by atoms with E-state index in [0.717, 1.165) is 0 Å². The lowest BCUT2D eigenvalue weighted by Gasteiger charge is -2.13. The molecule has 0 fully saturated rings. The summed E-state index contributed by atoms with van der Waals surface area (Å²) >= 11 is 0. The van der Waals surface area contributed by atoms with Gasteiger partial charge in [-0.1, -0.05) is 12.1 Å². The molecule has 0 N–H and O–H groups in total. The molecule has 0 aliphatic carbocycles. The van der Waals surface area contributed by atoms with Gasteiger partial charge < -0.3 is 14.2 Å². The minimum absolute atomic E-state index is 0.122. The number of hydrogen-bond acceptors (Lipinski definition) is 9. The summed E-state index contributed by atoms with van der Waals surface area (Å²) in [5.41, 5.74) is 0.947. The molecule has 208 valence electrons. The number of rotatable bonds is 9. The number of nitrogens with zero attached hydrogens (tertiary/aromatic N) is 5. The first-order chi connectivity index (χ1) is 19.8. The zero-order valence-corrected chi connectivity index (χ0v) is 22.8. The van der Waals surface area contributed by atoms with Crippen LogP contribution in [0.3, 0.4) is 0 Å². The van der Waals surface area contributed by atoms with Crippen LogP contribution in [0.25, 0.3) is 22.0 Å². The highest BCUT2D eigenvalue weighted by molar-refractivity contribution is 5.96. The predicted octanol–water partition coefficient (Wildman–Crippen LogP) is 5.20. The van der Waals surface area contributed by atoms with Gasteiger partial charge in [-0.25, -0.2) is 4.39 Å². The van der Waals surface area contributed by atoms with Crippen molar-refractivity contribution >= 4 is 16.7 Å². The van der Waals surface area contributed by atoms with Crippen LogP contribution in [-0.2, 0) is 6.42 Å². The summed E-state index contributed by atoms with van der Waals surface area (Å²) in [7, 11) is 3.09. The molecule has 41 heavy (non-hydrogen) atoms. The van der Waals surface area contributed by atoms with Gasteiger partial charge in [-0.2, -0.15) is 10.2 Å². The maximum atomic E-state index is 13.5. The summed E-state index contributed by atoms with van der Waals surface area (Å²) < 4.78 is 31.7. The van der Waals surface area contributed by atoms with E-state index in [2.05, 4.69) is 20.3 Å². The minimum Gasteiger partial charge on any atom is -0.493 e. The molecule has 0 unspecified atom stereocenters. The van der Waals surface area contributed by atoms with Crippen molar-refractivity contribution in [2.75, 3.05) is 14.2 Å². The van der Waals surface area contributed by atoms with Crippen LogP contribution in [0, 0.1) is 5.82 Å². The topological polar surface area (TPSA) is 118 Å². The molecule has 0 radical (unpaired) electrons. The molecule has 5 rings (SSSR count). The van der Waals surface area contributed by atoms with Crippen molar-refractivity contribution in [3.05, 3.63) is 94.4 Å². The van der Waals surface area contributed by atoms with Gasteiger partial charge in [-0.15, -0.1) is 5.10 Å². The standard InChI is InChI=1S/C30H26FN5O5/c1-17(2)36-16-22(18-5-7-19(31)8-6-18)30(38)29(35-36)24(37)13-20-9-10-28(34-33-20)41-25-11-12-32-23-15-27(40-4)26(39-3)14-21(23)25/h5-12,14-17H,13H2,1-4H3. The van der Waals surface area contributed by atoms with Crippen molar-refractivity contribution < 1.29 is 23.4 Å². The first-order valence-electron chi connectivity index (χ1n) is 12.7. The van der Waals surface area contributed by atoms with Gasteiger partial charge in [0.15, 0.2) is 23.0 Å². The molecule has 10 nitrogen and oxygen atoms in total. The van der Waals surface area contributed by atoms with E-state index in [-0.39, 0.29) is 29.6 Å². The van der Waals surface area contributed by atoms with Gasteiger partial charge in [0.2, 0.25) is 11.3 Å². The second-order valence-electron chi connectivity index (χ2n) is 9.40. The van der Waals surface area contributed by atoms with Gasteiger partial charge in [-0.3, -0.25) is 19.3 Å². The van der Waals surface area contributed by atoms with Crippen molar-refractivity contribution in [2.45, 2.75) is 26.3 Å². The molecule has 0 atom stereocenters. The van der Waals surface area contributed by atoms with Crippen molar-refractivity contribution in [1.82, 2.24) is 25.0 Å². The smallest absolute Gasteiger partial charge is 0.238 e. The Kier molecular flexibility index (Phi) is 7.68. The number of carbonyl (C=O) groups is 1. The average Bonchev–Trinajstić information content (AvgIpc) is 2.98. The molecule has 5 aromatic rings. The molecule has 3 heterocycles. The predicted molar refractivity (Wildman–Crippen MR) is 149 cm³/mol. The summed E-state index contributed by atoms with van der Waals surface area (Å²) in [6.07, 6.45) is 2.97. The number of ketones is 1. The fourth-order valence-corrected chi connectivity index (χ4v) is 4.18. The van der Waals surface area contributed by atoms with Gasteiger partial charge in [0.25, 0.3) is 0 Å². The van der Waals surface area contributed by atoms with Crippen molar-refractivity contribution in [2.24, 2.45) is 0 Å². The number of Topliss-reactive ketones (excluding diaryl/α,β-unsaturated/α-hetero) is 1. The summed E-state index contributed by atoms with van der Waals surface area (Å²) in [5, 5.41) is 13.2. The zero-order chi connectivity index (χ0) is 29.1. The normalized spacial score (nSPS) is 11.1. The molecule has 0 bridgehead atoms. The molecule has 11 heteroatoms. The van der Waals surface area contributed by atoms with Crippen LogP contribution >= 0.6 is 0 Å². The van der Waals surface area contributed by atoms with Crippen LogP contribution in [0.5, 0.6) is 23.1 Å². The lowest BCUT2D eigenvalue weighted by Crippen LogP contribution is -2.25. The van der Waals surface area contributed by atoms with Crippen molar-refractivity contribution in [3.63, 3.8) is 0 Å². The number of benzene rings is 2. The maximum absolute atomic E-state index is 13.5. The van der Waals surface area contributed by atoms with E-state index in [4.69, 9.17) is 14.2 Å². The number of halogens is 1. The van der Waals surface area contributed by atoms with Crippen LogP contribution in [0.15, 0.2) is 71.8 Å². The zero-order valence-electron chi connectivity index (χ0n) is 22.8. The van der Waals surface area contributed by atoms with Crippen LogP contribution in [-0.4, -0.2) is 45.0 Å². The molecule has 0 saturated carbocycles. The van der Waals surface area contributed by atoms with Crippen LogP contribution in [0.4, 0.5) is 4.39 Å². The highest BCUT2D eigenvalue weighted by Crippen LogP contribution is 2.36. The van der Waals surface area contributed by atoms with E-state index in [0.29, 0.717) is 39.4 Å². The van der Waals surface area contributed by atoms with Gasteiger partial charge in [-0.05, 0) is 49.7 Å². The number of fused-ring (bicyclic) bond motifs is 1. The highest BCUT2D eigenvalue weighted by atomic mass is 19.1. The minimum atomic E-state index is -0.539. The Morgan fingerprint density at radius 1 is 0.951 bits per heavy atom. The Bertz CT molecular complexity index is 1790. The van der Waals surface area contributed by atoms with Gasteiger partial charge in [0.05, 0.1) is 31.9 Å². The number of aromatic nitrogens is 5. The molecule has 0 saturated heterocycles. The Labute approximate surface area is 234 Å². The van der Waals surface area contributed by atoms with E-state index >= 15 is 0 Å². The van der Waals surface area contributed by atoms with Crippen LogP contribution in [0.2, 0.25) is 0 Å². The van der Waals surface area contributed by atoms with E-state index in [1.54, 1.807) is 61.6 Å². The van der Waals surface area contributed by atoms with Gasteiger partial charge >= 0.3 is 0 Å². The Balaban J connectivity index is 1.39. The number of hydrogen-bond donors (Lipinski definition) is 0. The molecule has 0 aliphatic heterocycles. The monoisotopic (exact) mass is 555 g/mol. The molecule has 2 aromatic carbocycles. The van der Waals surface area contributed by atoms with E-state index in [9.17, 15) is 14.0 Å². The van der Waals surface area contributed by atoms with E-state index < -0.39 is 17.0 Å². The summed E-state index contributed by atoms with van der Waals surface area (Å²) in [5.74, 6) is 0.791. The quantitative estimate of drug-likeness (QED) is 0.226. The van der Waals surface area contributed by atoms with Crippen molar-refractivity contribution in [3.8, 4) is 34.3 Å². The maximum Gasteiger partial charge on any atom is 0.238 e. The first kappa shape index (κ1) is 27.4. The summed E-state index contributed by atoms with van der Waals surface area (Å²) in [4.78, 5) is 30.8. The SMILES string of the molecule is COc1cc2nccc(Oc3ccc(CC(=O)c4nn(C(C)C)cc(-c5ccc(F)cc5)c4=O)nn3)c2cc1OC. The molecule has 0 spiro atoms. The number of carbonyl (C=O) groups excluding carboxylic acids is 1. The lowest BCUT2D eigenvalue weighted by atomic mass is 10.0. The third-order valence-electron chi connectivity index (χ3n) is 6.34. The van der Waals surface area contributed by atoms with Crippen LogP contribution in [0.1, 0.15) is 36.1 Å². The Morgan fingerprint density at radius 3 is 2.34 bits per heavy atom. The molecule has 0 amide bonds. The largest absolute Gasteiger partial charge is 0.493 e. The van der Waals surface area contributed by atoms with Gasteiger partial charge in [0.1, 0.15) is 11.6 Å². The third-order valence-corrected chi connectivity index (χ3v) is 6.34. The Hall–Kier alpha value is -5.19. The fraction of sp³-hybridized carbons (Fsp3) is 0.200. The molecule has 3 aromatic heterocycles. The van der Waals surface area contributed by atoms with E-state index in [1.807, 2.05) is 13.8 Å². The highest BCUT2D eigenvalue weighted by Gasteiger charge is 2.20. The van der Waals surface area contributed by atoms with Gasteiger partial charge in [0, 0.05) is 41.5 Å². The van der Waals surface area contributed by atoms with Crippen LogP contribution < -0.4 is 19.6 Å². The number of pyridine rings is 1. The number of methoxy groups -OCH3 is 2. The Morgan fingerprint density at radius 2 is 1.68 bits per heavy atom. The average molecular weight is 556 g/mol. The van der Waals surface area contributed by atoms with Crippen molar-refractivity contribution in [1.29, 1.82) is 0 Å². The molecular formula is C30H26FN5O5. The molecule has 0 aliphatic rings. The van der Waals surface area contributed by atoms with E-state index in [1.165, 1.54) is 24.3 Å². The second-order valence-corrected chi connectivity index (χ2v) is 9.40. The summed E-state index contributed by atoms with van der Waals surface area (Å²) in [6.45, 7) is 3.76. The third kappa shape index (κ3) is 5.74. The molecular weight excluding hydrogens is 529 g/mol. The lowest BCUT2D eigenvalue weighted by molar-refractivity contribution is 0.0983. The fourth-order valence-electron chi connectivity index (χ4n) is 4.18.